The zero-order valence-corrected chi connectivity index (χ0v) is 11.2. The maximum absolute atomic E-state index is 6.12. The van der Waals surface area contributed by atoms with Crippen LogP contribution in [0.5, 0.6) is 0 Å². The van der Waals surface area contributed by atoms with Crippen molar-refractivity contribution in [2.75, 3.05) is 25.5 Å². The number of hydrogen-bond acceptors (Lipinski definition) is 4. The average molecular weight is 255 g/mol. The summed E-state index contributed by atoms with van der Waals surface area (Å²) >= 11 is 6.12. The number of aromatic nitrogens is 2. The number of likely N-dealkylation sites (tertiary alicyclic amines) is 1. The molecule has 0 saturated carbocycles. The van der Waals surface area contributed by atoms with E-state index >= 15 is 0 Å². The van der Waals surface area contributed by atoms with E-state index < -0.39 is 0 Å². The molecule has 0 bridgehead atoms. The van der Waals surface area contributed by atoms with Gasteiger partial charge in [0.05, 0.1) is 0 Å². The van der Waals surface area contributed by atoms with Crippen LogP contribution in [0.2, 0.25) is 5.15 Å². The minimum atomic E-state index is 0.474. The normalized spacial score (nSPS) is 20.8. The first-order chi connectivity index (χ1) is 8.20. The number of anilines is 1. The summed E-state index contributed by atoms with van der Waals surface area (Å²) in [6, 6.07) is 0.474. The zero-order valence-electron chi connectivity index (χ0n) is 10.4. The molecular formula is C12H19ClN4. The highest BCUT2D eigenvalue weighted by Gasteiger charge is 2.21. The van der Waals surface area contributed by atoms with E-state index in [4.69, 9.17) is 11.6 Å². The van der Waals surface area contributed by atoms with Crippen molar-refractivity contribution in [3.8, 4) is 0 Å². The van der Waals surface area contributed by atoms with Crippen LogP contribution in [0.4, 0.5) is 5.82 Å². The summed E-state index contributed by atoms with van der Waals surface area (Å²) in [5.74, 6) is 0.909. The van der Waals surface area contributed by atoms with Crippen molar-refractivity contribution in [2.45, 2.75) is 32.2 Å². The number of halogens is 1. The largest absolute Gasteiger partial charge is 0.366 e. The van der Waals surface area contributed by atoms with E-state index in [1.165, 1.54) is 6.33 Å². The Hall–Kier alpha value is -0.870. The predicted molar refractivity (Wildman–Crippen MR) is 70.6 cm³/mol. The molecule has 1 unspecified atom stereocenters. The summed E-state index contributed by atoms with van der Waals surface area (Å²) in [5.41, 5.74) is 1.05. The Morgan fingerprint density at radius 2 is 2.35 bits per heavy atom. The highest BCUT2D eigenvalue weighted by Crippen LogP contribution is 2.23. The Morgan fingerprint density at radius 1 is 1.53 bits per heavy atom. The van der Waals surface area contributed by atoms with Gasteiger partial charge in [0, 0.05) is 18.2 Å². The topological polar surface area (TPSA) is 41.1 Å². The van der Waals surface area contributed by atoms with Gasteiger partial charge in [0.15, 0.2) is 0 Å². The molecule has 94 valence electrons. The standard InChI is InChI=1S/C12H19ClN4/c1-3-4-10-11(13)14-8-15-12(10)16-9-5-6-17(2)7-9/h8-9H,3-7H2,1-2H3,(H,14,15,16). The highest BCUT2D eigenvalue weighted by atomic mass is 35.5. The Labute approximate surface area is 107 Å². The molecule has 1 aliphatic rings. The van der Waals surface area contributed by atoms with Crippen LogP contribution in [0.1, 0.15) is 25.3 Å². The zero-order chi connectivity index (χ0) is 12.3. The summed E-state index contributed by atoms with van der Waals surface area (Å²) in [4.78, 5) is 10.7. The van der Waals surface area contributed by atoms with Gasteiger partial charge in [0.1, 0.15) is 17.3 Å². The van der Waals surface area contributed by atoms with Crippen LogP contribution in [0.25, 0.3) is 0 Å². The number of nitrogens with zero attached hydrogens (tertiary/aromatic N) is 3. The SMILES string of the molecule is CCCc1c(Cl)ncnc1NC1CCN(C)C1. The second-order valence-corrected chi connectivity index (χ2v) is 4.99. The molecule has 0 aromatic carbocycles. The molecule has 1 N–H and O–H groups in total. The summed E-state index contributed by atoms with van der Waals surface area (Å²) in [6.07, 6.45) is 4.66. The molecule has 2 heterocycles. The summed E-state index contributed by atoms with van der Waals surface area (Å²) < 4.78 is 0. The molecule has 1 aliphatic heterocycles. The fraction of sp³-hybridized carbons (Fsp3) is 0.667. The molecule has 4 nitrogen and oxygen atoms in total. The lowest BCUT2D eigenvalue weighted by Crippen LogP contribution is -2.24. The van der Waals surface area contributed by atoms with Gasteiger partial charge in [-0.25, -0.2) is 9.97 Å². The van der Waals surface area contributed by atoms with Gasteiger partial charge in [-0.1, -0.05) is 24.9 Å². The van der Waals surface area contributed by atoms with Gasteiger partial charge in [-0.15, -0.1) is 0 Å². The molecule has 0 amide bonds. The van der Waals surface area contributed by atoms with Gasteiger partial charge in [0.25, 0.3) is 0 Å². The van der Waals surface area contributed by atoms with E-state index in [1.54, 1.807) is 0 Å². The Kier molecular flexibility index (Phi) is 4.18. The predicted octanol–water partition coefficient (Wildman–Crippen LogP) is 2.20. The molecule has 1 fully saturated rings. The van der Waals surface area contributed by atoms with Gasteiger partial charge in [-0.3, -0.25) is 0 Å². The molecule has 0 aliphatic carbocycles. The van der Waals surface area contributed by atoms with Crippen molar-refractivity contribution in [3.05, 3.63) is 17.0 Å². The fourth-order valence-electron chi connectivity index (χ4n) is 2.23. The van der Waals surface area contributed by atoms with E-state index in [1.807, 2.05) is 0 Å². The van der Waals surface area contributed by atoms with Crippen molar-refractivity contribution in [3.63, 3.8) is 0 Å². The third kappa shape index (κ3) is 3.07. The van der Waals surface area contributed by atoms with Crippen LogP contribution in [-0.4, -0.2) is 41.0 Å². The third-order valence-corrected chi connectivity index (χ3v) is 3.45. The minimum absolute atomic E-state index is 0.474. The third-order valence-electron chi connectivity index (χ3n) is 3.12. The van der Waals surface area contributed by atoms with Crippen molar-refractivity contribution in [1.82, 2.24) is 14.9 Å². The van der Waals surface area contributed by atoms with E-state index in [0.29, 0.717) is 11.2 Å². The van der Waals surface area contributed by atoms with Gasteiger partial charge in [-0.2, -0.15) is 0 Å². The first kappa shape index (κ1) is 12.6. The Bertz CT molecular complexity index is 383. The smallest absolute Gasteiger partial charge is 0.137 e. The Morgan fingerprint density at radius 3 is 3.00 bits per heavy atom. The lowest BCUT2D eigenvalue weighted by atomic mass is 10.1. The van der Waals surface area contributed by atoms with Crippen LogP contribution in [-0.2, 0) is 6.42 Å². The van der Waals surface area contributed by atoms with Gasteiger partial charge < -0.3 is 10.2 Å². The van der Waals surface area contributed by atoms with E-state index in [9.17, 15) is 0 Å². The molecule has 1 atom stereocenters. The first-order valence-corrected chi connectivity index (χ1v) is 6.53. The molecule has 2 rings (SSSR count). The van der Waals surface area contributed by atoms with Gasteiger partial charge in [0.2, 0.25) is 0 Å². The molecule has 1 aromatic rings. The molecule has 1 saturated heterocycles. The fourth-order valence-corrected chi connectivity index (χ4v) is 2.46. The van der Waals surface area contributed by atoms with Crippen LogP contribution >= 0.6 is 11.6 Å². The average Bonchev–Trinajstić information content (AvgIpc) is 2.69. The quantitative estimate of drug-likeness (QED) is 0.837. The maximum Gasteiger partial charge on any atom is 0.137 e. The number of likely N-dealkylation sites (N-methyl/N-ethyl adjacent to an activating group) is 1. The van der Waals surface area contributed by atoms with Crippen molar-refractivity contribution in [1.29, 1.82) is 0 Å². The second kappa shape index (κ2) is 5.65. The first-order valence-electron chi connectivity index (χ1n) is 6.15. The van der Waals surface area contributed by atoms with Gasteiger partial charge in [-0.05, 0) is 26.4 Å². The van der Waals surface area contributed by atoms with Crippen molar-refractivity contribution >= 4 is 17.4 Å². The lowest BCUT2D eigenvalue weighted by Gasteiger charge is -2.16. The molecule has 0 spiro atoms. The van der Waals surface area contributed by atoms with Gasteiger partial charge >= 0.3 is 0 Å². The molecule has 0 radical (unpaired) electrons. The van der Waals surface area contributed by atoms with Crippen LogP contribution in [0, 0.1) is 0 Å². The van der Waals surface area contributed by atoms with Crippen LogP contribution in [0.3, 0.4) is 0 Å². The molecular weight excluding hydrogens is 236 g/mol. The van der Waals surface area contributed by atoms with Crippen molar-refractivity contribution < 1.29 is 0 Å². The van der Waals surface area contributed by atoms with E-state index in [0.717, 1.165) is 43.7 Å². The second-order valence-electron chi connectivity index (χ2n) is 4.63. The number of rotatable bonds is 4. The number of nitrogens with one attached hydrogen (secondary N) is 1. The lowest BCUT2D eigenvalue weighted by molar-refractivity contribution is 0.414. The molecule has 5 heteroatoms. The van der Waals surface area contributed by atoms with Crippen LogP contribution < -0.4 is 5.32 Å². The summed E-state index contributed by atoms with van der Waals surface area (Å²) in [5, 5.41) is 4.07. The Balaban J connectivity index is 2.11. The highest BCUT2D eigenvalue weighted by molar-refractivity contribution is 6.30. The van der Waals surface area contributed by atoms with E-state index in [2.05, 4.69) is 34.2 Å². The monoisotopic (exact) mass is 254 g/mol. The maximum atomic E-state index is 6.12. The van der Waals surface area contributed by atoms with Crippen LogP contribution in [0.15, 0.2) is 6.33 Å². The van der Waals surface area contributed by atoms with Crippen molar-refractivity contribution in [2.24, 2.45) is 0 Å². The minimum Gasteiger partial charge on any atom is -0.366 e. The summed E-state index contributed by atoms with van der Waals surface area (Å²) in [7, 11) is 2.14. The summed E-state index contributed by atoms with van der Waals surface area (Å²) in [6.45, 7) is 4.34. The molecule has 17 heavy (non-hydrogen) atoms. The van der Waals surface area contributed by atoms with E-state index in [-0.39, 0.29) is 0 Å². The molecule has 1 aromatic heterocycles. The number of hydrogen-bond donors (Lipinski definition) is 1.